The summed E-state index contributed by atoms with van der Waals surface area (Å²) in [6.07, 6.45) is 0. The third-order valence-corrected chi connectivity index (χ3v) is 2.79. The molecule has 0 bridgehead atoms. The number of nitrogens with two attached hydrogens (primary N) is 1. The minimum absolute atomic E-state index is 0.220. The Hall–Kier alpha value is -2.54. The number of anilines is 1. The summed E-state index contributed by atoms with van der Waals surface area (Å²) in [6, 6.07) is 9.08. The van der Waals surface area contributed by atoms with Gasteiger partial charge in [-0.25, -0.2) is 9.48 Å². The van der Waals surface area contributed by atoms with Gasteiger partial charge in [-0.05, 0) is 45.8 Å². The number of nitrogen functional groups attached to an aromatic ring is 1. The molecule has 2 aromatic rings. The Labute approximate surface area is 156 Å². The van der Waals surface area contributed by atoms with Crippen LogP contribution in [0.4, 0.5) is 5.82 Å². The number of nitrogens with zero attached hydrogens (tertiary/aromatic N) is 3. The maximum absolute atomic E-state index is 11.6. The van der Waals surface area contributed by atoms with Crippen molar-refractivity contribution in [2.75, 3.05) is 40.6 Å². The summed E-state index contributed by atoms with van der Waals surface area (Å²) in [5.41, 5.74) is 7.08. The van der Waals surface area contributed by atoms with Gasteiger partial charge in [0.25, 0.3) is 0 Å². The van der Waals surface area contributed by atoms with Crippen molar-refractivity contribution in [3.8, 4) is 5.75 Å². The first-order chi connectivity index (χ1) is 12.4. The number of esters is 1. The van der Waals surface area contributed by atoms with Crippen molar-refractivity contribution in [2.24, 2.45) is 0 Å². The Morgan fingerprint density at radius 3 is 2.19 bits per heavy atom. The number of benzene rings is 1. The molecular weight excluding hydrogens is 332 g/mol. The van der Waals surface area contributed by atoms with Crippen molar-refractivity contribution in [1.82, 2.24) is 14.7 Å². The highest BCUT2D eigenvalue weighted by Gasteiger charge is 2.13. The smallest absolute Gasteiger partial charge is 0.358 e. The van der Waals surface area contributed by atoms with Crippen LogP contribution in [0.3, 0.4) is 0 Å². The standard InChI is InChI=1S/C14H17N3O3.C3H9N.C2H6/c1-3-20-14(18)12-8-13(15)17(16-12)9-10-4-6-11(19-2)7-5-10;1-4(2)3;1-2/h4-8H,3,9,15H2,1-2H3;1-3H3;1-2H3. The lowest BCUT2D eigenvalue weighted by Crippen LogP contribution is -2.09. The number of methoxy groups -OCH3 is 1. The first-order valence-electron chi connectivity index (χ1n) is 8.61. The van der Waals surface area contributed by atoms with E-state index in [0.717, 1.165) is 11.3 Å². The molecule has 7 nitrogen and oxygen atoms in total. The predicted octanol–water partition coefficient (Wildman–Crippen LogP) is 2.90. The lowest BCUT2D eigenvalue weighted by molar-refractivity contribution is 0.0518. The molecular formula is C19H32N4O3. The van der Waals surface area contributed by atoms with Gasteiger partial charge in [-0.15, -0.1) is 0 Å². The SMILES string of the molecule is CC.CCOC(=O)c1cc(N)n(Cc2ccc(OC)cc2)n1.CN(C)C. The van der Waals surface area contributed by atoms with Gasteiger partial charge < -0.3 is 20.1 Å². The summed E-state index contributed by atoms with van der Waals surface area (Å²) in [5, 5.41) is 4.15. The number of carbonyl (C=O) groups excluding carboxylic acids is 1. The molecule has 0 radical (unpaired) electrons. The first kappa shape index (κ1) is 23.5. The quantitative estimate of drug-likeness (QED) is 0.822. The van der Waals surface area contributed by atoms with E-state index in [9.17, 15) is 4.79 Å². The molecule has 0 atom stereocenters. The lowest BCUT2D eigenvalue weighted by atomic mass is 10.2. The first-order valence-corrected chi connectivity index (χ1v) is 8.61. The highest BCUT2D eigenvalue weighted by atomic mass is 16.5. The average Bonchev–Trinajstić information content (AvgIpc) is 2.98. The van der Waals surface area contributed by atoms with Crippen LogP contribution in [0.15, 0.2) is 30.3 Å². The summed E-state index contributed by atoms with van der Waals surface area (Å²) in [4.78, 5) is 13.6. The second kappa shape index (κ2) is 12.8. The minimum Gasteiger partial charge on any atom is -0.497 e. The van der Waals surface area contributed by atoms with Crippen LogP contribution in [-0.2, 0) is 11.3 Å². The van der Waals surface area contributed by atoms with Crippen molar-refractivity contribution in [2.45, 2.75) is 27.3 Å². The zero-order valence-electron chi connectivity index (χ0n) is 16.9. The van der Waals surface area contributed by atoms with E-state index in [1.165, 1.54) is 6.07 Å². The van der Waals surface area contributed by atoms with Gasteiger partial charge in [0.05, 0.1) is 20.3 Å². The molecule has 0 aliphatic heterocycles. The molecule has 0 saturated heterocycles. The second-order valence-electron chi connectivity index (χ2n) is 5.52. The number of carbonyl (C=O) groups is 1. The van der Waals surface area contributed by atoms with Crippen molar-refractivity contribution in [3.05, 3.63) is 41.6 Å². The van der Waals surface area contributed by atoms with Gasteiger partial charge >= 0.3 is 5.97 Å². The zero-order valence-corrected chi connectivity index (χ0v) is 16.9. The third-order valence-electron chi connectivity index (χ3n) is 2.79. The Kier molecular flexibility index (Phi) is 11.5. The Morgan fingerprint density at radius 1 is 1.19 bits per heavy atom. The highest BCUT2D eigenvalue weighted by molar-refractivity contribution is 5.88. The number of hydrogen-bond donors (Lipinski definition) is 1. The molecule has 1 heterocycles. The molecule has 1 aromatic heterocycles. The van der Waals surface area contributed by atoms with E-state index in [2.05, 4.69) is 5.10 Å². The second-order valence-corrected chi connectivity index (χ2v) is 5.52. The molecule has 0 spiro atoms. The molecule has 2 N–H and O–H groups in total. The average molecular weight is 364 g/mol. The molecule has 0 aliphatic rings. The number of rotatable bonds is 5. The summed E-state index contributed by atoms with van der Waals surface area (Å²) in [6.45, 7) is 6.54. The van der Waals surface area contributed by atoms with E-state index in [4.69, 9.17) is 15.2 Å². The molecule has 146 valence electrons. The third kappa shape index (κ3) is 8.53. The highest BCUT2D eigenvalue weighted by Crippen LogP contribution is 2.14. The summed E-state index contributed by atoms with van der Waals surface area (Å²) >= 11 is 0. The predicted molar refractivity (Wildman–Crippen MR) is 106 cm³/mol. The monoisotopic (exact) mass is 364 g/mol. The Balaban J connectivity index is 0.000000920. The van der Waals surface area contributed by atoms with Crippen LogP contribution in [0.1, 0.15) is 36.8 Å². The van der Waals surface area contributed by atoms with Gasteiger partial charge in [-0.3, -0.25) is 0 Å². The van der Waals surface area contributed by atoms with Gasteiger partial charge in [0.1, 0.15) is 11.6 Å². The Morgan fingerprint density at radius 2 is 1.73 bits per heavy atom. The van der Waals surface area contributed by atoms with E-state index in [1.807, 2.05) is 64.2 Å². The summed E-state index contributed by atoms with van der Waals surface area (Å²) in [5.74, 6) is 0.742. The van der Waals surface area contributed by atoms with Crippen LogP contribution >= 0.6 is 0 Å². The van der Waals surface area contributed by atoms with Gasteiger partial charge in [-0.2, -0.15) is 5.10 Å². The molecule has 0 amide bonds. The van der Waals surface area contributed by atoms with Crippen LogP contribution in [-0.4, -0.2) is 55.5 Å². The molecule has 0 aliphatic carbocycles. The maximum Gasteiger partial charge on any atom is 0.358 e. The maximum atomic E-state index is 11.6. The van der Waals surface area contributed by atoms with Crippen LogP contribution in [0, 0.1) is 0 Å². The van der Waals surface area contributed by atoms with Crippen molar-refractivity contribution in [1.29, 1.82) is 0 Å². The normalized spacial score (nSPS) is 9.54. The molecule has 7 heteroatoms. The van der Waals surface area contributed by atoms with E-state index in [1.54, 1.807) is 18.7 Å². The van der Waals surface area contributed by atoms with Gasteiger partial charge in [-0.1, -0.05) is 26.0 Å². The molecule has 26 heavy (non-hydrogen) atoms. The van der Waals surface area contributed by atoms with Gasteiger partial charge in [0, 0.05) is 6.07 Å². The van der Waals surface area contributed by atoms with E-state index >= 15 is 0 Å². The lowest BCUT2D eigenvalue weighted by Gasteiger charge is -2.05. The van der Waals surface area contributed by atoms with Crippen LogP contribution in [0.25, 0.3) is 0 Å². The van der Waals surface area contributed by atoms with E-state index in [0.29, 0.717) is 19.0 Å². The van der Waals surface area contributed by atoms with E-state index in [-0.39, 0.29) is 5.69 Å². The largest absolute Gasteiger partial charge is 0.497 e. The topological polar surface area (TPSA) is 82.6 Å². The molecule has 2 rings (SSSR count). The van der Waals surface area contributed by atoms with Crippen molar-refractivity contribution in [3.63, 3.8) is 0 Å². The fourth-order valence-electron chi connectivity index (χ4n) is 1.77. The van der Waals surface area contributed by atoms with Gasteiger partial charge in [0.2, 0.25) is 0 Å². The summed E-state index contributed by atoms with van der Waals surface area (Å²) < 4.78 is 11.6. The molecule has 0 saturated carbocycles. The molecule has 0 fully saturated rings. The van der Waals surface area contributed by atoms with Crippen LogP contribution < -0.4 is 10.5 Å². The number of aromatic nitrogens is 2. The molecule has 0 unspecified atom stereocenters. The fraction of sp³-hybridized carbons (Fsp3) is 0.474. The zero-order chi connectivity index (χ0) is 20.1. The van der Waals surface area contributed by atoms with Crippen LogP contribution in [0.2, 0.25) is 0 Å². The number of ether oxygens (including phenoxy) is 2. The number of hydrogen-bond acceptors (Lipinski definition) is 6. The van der Waals surface area contributed by atoms with Gasteiger partial charge in [0.15, 0.2) is 5.69 Å². The van der Waals surface area contributed by atoms with Crippen LogP contribution in [0.5, 0.6) is 5.75 Å². The Bertz CT molecular complexity index is 634. The van der Waals surface area contributed by atoms with E-state index < -0.39 is 5.97 Å². The van der Waals surface area contributed by atoms with Crippen molar-refractivity contribution >= 4 is 11.8 Å². The minimum atomic E-state index is -0.465. The summed E-state index contributed by atoms with van der Waals surface area (Å²) in [7, 11) is 7.62. The molecule has 1 aromatic carbocycles. The fourth-order valence-corrected chi connectivity index (χ4v) is 1.77. The van der Waals surface area contributed by atoms with Crippen molar-refractivity contribution < 1.29 is 14.3 Å².